The van der Waals surface area contributed by atoms with Gasteiger partial charge in [0, 0.05) is 16.0 Å². The number of rotatable bonds is 7. The highest BCUT2D eigenvalue weighted by Crippen LogP contribution is 2.16. The van der Waals surface area contributed by atoms with Crippen LogP contribution in [-0.4, -0.2) is 25.1 Å². The fraction of sp³-hybridized carbons (Fsp3) is 0.176. The summed E-state index contributed by atoms with van der Waals surface area (Å²) in [5.74, 6) is -0.490. The summed E-state index contributed by atoms with van der Waals surface area (Å²) in [7, 11) is 0. The second-order valence-electron chi connectivity index (χ2n) is 4.77. The fourth-order valence-corrected chi connectivity index (χ4v) is 2.21. The van der Waals surface area contributed by atoms with Crippen molar-refractivity contribution in [3.05, 3.63) is 63.6 Å². The smallest absolute Gasteiger partial charge is 0.344 e. The van der Waals surface area contributed by atoms with Gasteiger partial charge >= 0.3 is 5.97 Å². The second kappa shape index (κ2) is 9.30. The first-order chi connectivity index (χ1) is 11.5. The van der Waals surface area contributed by atoms with Crippen LogP contribution in [0.15, 0.2) is 53.0 Å². The summed E-state index contributed by atoms with van der Waals surface area (Å²) < 4.78 is 11.0. The van der Waals surface area contributed by atoms with Gasteiger partial charge in [-0.15, -0.1) is 0 Å². The highest BCUT2D eigenvalue weighted by molar-refractivity contribution is 9.10. The van der Waals surface area contributed by atoms with E-state index < -0.39 is 11.9 Å². The number of halogens is 2. The molecular weight excluding hydrogens is 398 g/mol. The molecule has 0 aliphatic heterocycles. The molecule has 0 unspecified atom stereocenters. The number of carbonyl (C=O) groups excluding carboxylic acids is 2. The molecule has 0 aliphatic rings. The van der Waals surface area contributed by atoms with E-state index in [1.807, 2.05) is 6.07 Å². The van der Waals surface area contributed by atoms with E-state index in [0.717, 1.165) is 10.0 Å². The van der Waals surface area contributed by atoms with Gasteiger partial charge in [0.05, 0.1) is 0 Å². The lowest BCUT2D eigenvalue weighted by molar-refractivity contribution is -0.150. The Hall–Kier alpha value is -2.05. The zero-order chi connectivity index (χ0) is 17.4. The molecule has 126 valence electrons. The molecule has 24 heavy (non-hydrogen) atoms. The van der Waals surface area contributed by atoms with E-state index in [9.17, 15) is 9.59 Å². The van der Waals surface area contributed by atoms with Gasteiger partial charge < -0.3 is 14.8 Å². The van der Waals surface area contributed by atoms with E-state index in [-0.39, 0.29) is 19.8 Å². The maximum Gasteiger partial charge on any atom is 0.344 e. The van der Waals surface area contributed by atoms with E-state index in [1.165, 1.54) is 0 Å². The van der Waals surface area contributed by atoms with Gasteiger partial charge in [0.15, 0.2) is 13.2 Å². The summed E-state index contributed by atoms with van der Waals surface area (Å²) in [6, 6.07) is 14.2. The largest absolute Gasteiger partial charge is 0.482 e. The second-order valence-corrected chi connectivity index (χ2v) is 6.09. The van der Waals surface area contributed by atoms with Crippen LogP contribution >= 0.6 is 27.5 Å². The molecule has 0 fully saturated rings. The van der Waals surface area contributed by atoms with Crippen molar-refractivity contribution in [1.82, 2.24) is 5.32 Å². The molecule has 7 heteroatoms. The number of ether oxygens (including phenoxy) is 2. The quantitative estimate of drug-likeness (QED) is 0.709. The number of hydrogen-bond donors (Lipinski definition) is 1. The van der Waals surface area contributed by atoms with E-state index in [4.69, 9.17) is 21.1 Å². The standard InChI is InChI=1S/C17H15BrClNO4/c18-13-5-7-14(8-6-13)23-11-17(22)24-10-16(21)20-9-12-3-1-2-4-15(12)19/h1-8H,9-11H2,(H,20,21). The molecule has 2 rings (SSSR count). The molecule has 0 bridgehead atoms. The Bertz CT molecular complexity index is 706. The molecule has 0 saturated carbocycles. The van der Waals surface area contributed by atoms with Crippen molar-refractivity contribution >= 4 is 39.4 Å². The van der Waals surface area contributed by atoms with Gasteiger partial charge in [-0.05, 0) is 35.9 Å². The third-order valence-corrected chi connectivity index (χ3v) is 3.87. The molecule has 0 aromatic heterocycles. The summed E-state index contributed by atoms with van der Waals surface area (Å²) in [5, 5.41) is 3.20. The summed E-state index contributed by atoms with van der Waals surface area (Å²) in [6.45, 7) is -0.363. The van der Waals surface area contributed by atoms with Crippen molar-refractivity contribution in [1.29, 1.82) is 0 Å². The molecule has 0 atom stereocenters. The van der Waals surface area contributed by atoms with Crippen molar-refractivity contribution < 1.29 is 19.1 Å². The van der Waals surface area contributed by atoms with Crippen LogP contribution in [0.5, 0.6) is 5.75 Å². The van der Waals surface area contributed by atoms with Gasteiger partial charge in [-0.1, -0.05) is 45.7 Å². The first kappa shape index (κ1) is 18.3. The average molecular weight is 413 g/mol. The van der Waals surface area contributed by atoms with Crippen LogP contribution in [0.2, 0.25) is 5.02 Å². The summed E-state index contributed by atoms with van der Waals surface area (Å²) >= 11 is 9.29. The zero-order valence-corrected chi connectivity index (χ0v) is 15.0. The number of nitrogens with one attached hydrogen (secondary N) is 1. The number of carbonyl (C=O) groups is 2. The van der Waals surface area contributed by atoms with E-state index in [0.29, 0.717) is 10.8 Å². The SMILES string of the molecule is O=C(COC(=O)COc1ccc(Br)cc1)NCc1ccccc1Cl. The van der Waals surface area contributed by atoms with Gasteiger partial charge in [0.1, 0.15) is 5.75 Å². The Labute approximate surface area is 153 Å². The third kappa shape index (κ3) is 6.22. The average Bonchev–Trinajstić information content (AvgIpc) is 2.58. The molecule has 0 aliphatic carbocycles. The predicted octanol–water partition coefficient (Wildman–Crippen LogP) is 3.34. The number of amides is 1. The maximum absolute atomic E-state index is 11.7. The molecule has 1 N–H and O–H groups in total. The van der Waals surface area contributed by atoms with E-state index >= 15 is 0 Å². The Balaban J connectivity index is 1.66. The van der Waals surface area contributed by atoms with Gasteiger partial charge in [-0.3, -0.25) is 4.79 Å². The van der Waals surface area contributed by atoms with Crippen LogP contribution in [0.1, 0.15) is 5.56 Å². The lowest BCUT2D eigenvalue weighted by Crippen LogP contribution is -2.29. The molecule has 2 aromatic carbocycles. The Kier molecular flexibility index (Phi) is 7.08. The molecule has 5 nitrogen and oxygen atoms in total. The fourth-order valence-electron chi connectivity index (χ4n) is 1.75. The lowest BCUT2D eigenvalue weighted by atomic mass is 10.2. The molecule has 0 spiro atoms. The number of esters is 1. The number of benzene rings is 2. The molecule has 0 heterocycles. The van der Waals surface area contributed by atoms with Crippen LogP contribution in [0.25, 0.3) is 0 Å². The van der Waals surface area contributed by atoms with E-state index in [1.54, 1.807) is 42.5 Å². The molecule has 0 radical (unpaired) electrons. The molecule has 1 amide bonds. The maximum atomic E-state index is 11.7. The number of hydrogen-bond acceptors (Lipinski definition) is 4. The summed E-state index contributed by atoms with van der Waals surface area (Å²) in [6.07, 6.45) is 0. The predicted molar refractivity (Wildman–Crippen MR) is 93.9 cm³/mol. The van der Waals surface area contributed by atoms with Gasteiger partial charge in [0.2, 0.25) is 0 Å². The zero-order valence-electron chi connectivity index (χ0n) is 12.6. The first-order valence-corrected chi connectivity index (χ1v) is 8.26. The van der Waals surface area contributed by atoms with Crippen LogP contribution in [0.4, 0.5) is 0 Å². The highest BCUT2D eigenvalue weighted by atomic mass is 79.9. The molecule has 2 aromatic rings. The summed E-state index contributed by atoms with van der Waals surface area (Å²) in [4.78, 5) is 23.2. The Morgan fingerprint density at radius 1 is 1.04 bits per heavy atom. The van der Waals surface area contributed by atoms with Crippen molar-refractivity contribution in [3.63, 3.8) is 0 Å². The Morgan fingerprint density at radius 2 is 1.75 bits per heavy atom. The van der Waals surface area contributed by atoms with Gasteiger partial charge in [-0.2, -0.15) is 0 Å². The summed E-state index contributed by atoms with van der Waals surface area (Å²) in [5.41, 5.74) is 0.789. The molecular formula is C17H15BrClNO4. The van der Waals surface area contributed by atoms with Gasteiger partial charge in [-0.25, -0.2) is 4.79 Å². The van der Waals surface area contributed by atoms with Crippen molar-refractivity contribution in [2.24, 2.45) is 0 Å². The third-order valence-electron chi connectivity index (χ3n) is 2.97. The first-order valence-electron chi connectivity index (χ1n) is 7.08. The normalized spacial score (nSPS) is 10.1. The Morgan fingerprint density at radius 3 is 2.46 bits per heavy atom. The van der Waals surface area contributed by atoms with Gasteiger partial charge in [0.25, 0.3) is 5.91 Å². The van der Waals surface area contributed by atoms with Crippen molar-refractivity contribution in [2.45, 2.75) is 6.54 Å². The topological polar surface area (TPSA) is 64.6 Å². The van der Waals surface area contributed by atoms with Crippen LogP contribution in [-0.2, 0) is 20.9 Å². The lowest BCUT2D eigenvalue weighted by Gasteiger charge is -2.08. The minimum atomic E-state index is -0.620. The van der Waals surface area contributed by atoms with Crippen molar-refractivity contribution in [2.75, 3.05) is 13.2 Å². The van der Waals surface area contributed by atoms with Crippen molar-refractivity contribution in [3.8, 4) is 5.75 Å². The van der Waals surface area contributed by atoms with E-state index in [2.05, 4.69) is 21.2 Å². The van der Waals surface area contributed by atoms with Crippen LogP contribution in [0.3, 0.4) is 0 Å². The highest BCUT2D eigenvalue weighted by Gasteiger charge is 2.09. The minimum absolute atomic E-state index is 0.264. The molecule has 0 saturated heterocycles. The van der Waals surface area contributed by atoms with Crippen LogP contribution < -0.4 is 10.1 Å². The monoisotopic (exact) mass is 411 g/mol. The minimum Gasteiger partial charge on any atom is -0.482 e. The van der Waals surface area contributed by atoms with Crippen LogP contribution in [0, 0.1) is 0 Å².